The predicted molar refractivity (Wildman–Crippen MR) is 59.5 cm³/mol. The second-order valence-electron chi connectivity index (χ2n) is 4.79. The van der Waals surface area contributed by atoms with Gasteiger partial charge in [-0.25, -0.2) is 0 Å². The van der Waals surface area contributed by atoms with Crippen LogP contribution in [0.1, 0.15) is 12.8 Å². The zero-order valence-electron chi connectivity index (χ0n) is 9.18. The van der Waals surface area contributed by atoms with Gasteiger partial charge in [0.2, 0.25) is 0 Å². The minimum atomic E-state index is 0.191. The zero-order chi connectivity index (χ0) is 10.7. The van der Waals surface area contributed by atoms with Crippen molar-refractivity contribution < 1.29 is 10.2 Å². The molecule has 0 heterocycles. The van der Waals surface area contributed by atoms with Crippen molar-refractivity contribution in [3.8, 4) is 0 Å². The van der Waals surface area contributed by atoms with Gasteiger partial charge in [0, 0.05) is 19.6 Å². The summed E-state index contributed by atoms with van der Waals surface area (Å²) in [4.78, 5) is 2.18. The van der Waals surface area contributed by atoms with Crippen LogP contribution in [-0.2, 0) is 0 Å². The Morgan fingerprint density at radius 3 is 2.27 bits per heavy atom. The maximum absolute atomic E-state index is 8.93. The lowest BCUT2D eigenvalue weighted by atomic mass is 9.93. The number of aliphatic hydroxyl groups excluding tert-OH is 2. The van der Waals surface area contributed by atoms with E-state index in [9.17, 15) is 0 Å². The van der Waals surface area contributed by atoms with E-state index >= 15 is 0 Å². The molecular weight excluding hydrogens is 190 g/mol. The first-order chi connectivity index (χ1) is 7.33. The van der Waals surface area contributed by atoms with Crippen LogP contribution in [0, 0.1) is 17.8 Å². The van der Waals surface area contributed by atoms with Crippen LogP contribution < -0.4 is 0 Å². The van der Waals surface area contributed by atoms with Gasteiger partial charge in [0.15, 0.2) is 0 Å². The van der Waals surface area contributed by atoms with Crippen LogP contribution >= 0.6 is 0 Å². The highest BCUT2D eigenvalue weighted by Gasteiger charge is 2.36. The maximum atomic E-state index is 8.93. The van der Waals surface area contributed by atoms with Crippen LogP contribution in [0.3, 0.4) is 0 Å². The highest BCUT2D eigenvalue weighted by Crippen LogP contribution is 2.43. The number of hydrogen-bond acceptors (Lipinski definition) is 3. The van der Waals surface area contributed by atoms with Crippen LogP contribution in [0.25, 0.3) is 0 Å². The molecule has 0 unspecified atom stereocenters. The van der Waals surface area contributed by atoms with Gasteiger partial charge < -0.3 is 10.2 Å². The summed E-state index contributed by atoms with van der Waals surface area (Å²) in [5, 5.41) is 17.9. The number of nitrogens with zero attached hydrogens (tertiary/aromatic N) is 1. The van der Waals surface area contributed by atoms with Crippen molar-refractivity contribution in [2.75, 3.05) is 32.8 Å². The molecule has 3 nitrogen and oxygen atoms in total. The van der Waals surface area contributed by atoms with Crippen molar-refractivity contribution in [3.05, 3.63) is 12.2 Å². The summed E-state index contributed by atoms with van der Waals surface area (Å²) >= 11 is 0. The lowest BCUT2D eigenvalue weighted by molar-refractivity contribution is 0.138. The summed E-state index contributed by atoms with van der Waals surface area (Å²) in [7, 11) is 0. The molecule has 2 aliphatic rings. The van der Waals surface area contributed by atoms with E-state index in [0.717, 1.165) is 24.3 Å². The molecule has 0 spiro atoms. The molecule has 2 N–H and O–H groups in total. The van der Waals surface area contributed by atoms with E-state index in [4.69, 9.17) is 10.2 Å². The fourth-order valence-corrected chi connectivity index (χ4v) is 3.01. The molecule has 0 aromatic heterocycles. The van der Waals surface area contributed by atoms with Crippen LogP contribution in [0.4, 0.5) is 0 Å². The van der Waals surface area contributed by atoms with Crippen LogP contribution in [0.5, 0.6) is 0 Å². The van der Waals surface area contributed by atoms with Gasteiger partial charge in [-0.3, -0.25) is 4.90 Å². The van der Waals surface area contributed by atoms with Gasteiger partial charge in [0.1, 0.15) is 0 Å². The van der Waals surface area contributed by atoms with E-state index in [1.165, 1.54) is 12.8 Å². The van der Waals surface area contributed by atoms with Crippen LogP contribution in [0.15, 0.2) is 12.2 Å². The van der Waals surface area contributed by atoms with Crippen molar-refractivity contribution in [1.82, 2.24) is 4.90 Å². The van der Waals surface area contributed by atoms with Gasteiger partial charge in [-0.1, -0.05) is 12.2 Å². The van der Waals surface area contributed by atoms with Gasteiger partial charge in [-0.05, 0) is 30.6 Å². The number of rotatable bonds is 6. The van der Waals surface area contributed by atoms with Gasteiger partial charge in [-0.15, -0.1) is 0 Å². The number of hydrogen-bond donors (Lipinski definition) is 2. The number of allylic oxidation sites excluding steroid dienone is 2. The Kier molecular flexibility index (Phi) is 3.78. The van der Waals surface area contributed by atoms with Gasteiger partial charge in [-0.2, -0.15) is 0 Å². The fourth-order valence-electron chi connectivity index (χ4n) is 3.01. The molecule has 3 atom stereocenters. The third-order valence-electron chi connectivity index (χ3n) is 3.74. The monoisotopic (exact) mass is 211 g/mol. The van der Waals surface area contributed by atoms with E-state index in [2.05, 4.69) is 17.1 Å². The molecule has 0 aromatic carbocycles. The molecule has 86 valence electrons. The molecule has 2 aliphatic carbocycles. The molecular formula is C12H21NO2. The summed E-state index contributed by atoms with van der Waals surface area (Å²) in [5.74, 6) is 2.32. The van der Waals surface area contributed by atoms with Gasteiger partial charge in [0.05, 0.1) is 13.2 Å². The normalized spacial score (nSPS) is 33.1. The lowest BCUT2D eigenvalue weighted by Crippen LogP contribution is -2.35. The molecule has 0 aromatic rings. The van der Waals surface area contributed by atoms with Crippen molar-refractivity contribution in [2.45, 2.75) is 12.8 Å². The summed E-state index contributed by atoms with van der Waals surface area (Å²) in [6.45, 7) is 2.80. The van der Waals surface area contributed by atoms with E-state index < -0.39 is 0 Å². The Hall–Kier alpha value is -0.380. The fraction of sp³-hybridized carbons (Fsp3) is 0.833. The summed E-state index contributed by atoms with van der Waals surface area (Å²) in [6.07, 6.45) is 7.34. The number of aliphatic hydroxyl groups is 2. The summed E-state index contributed by atoms with van der Waals surface area (Å²) in [6, 6.07) is 0. The highest BCUT2D eigenvalue weighted by atomic mass is 16.3. The van der Waals surface area contributed by atoms with E-state index in [-0.39, 0.29) is 13.2 Å². The third kappa shape index (κ3) is 2.60. The molecule has 3 heteroatoms. The molecule has 15 heavy (non-hydrogen) atoms. The SMILES string of the molecule is OCCN(CCO)C[C@H]1C[C@H]2C=C[C@@H]1C2. The molecule has 0 aliphatic heterocycles. The van der Waals surface area contributed by atoms with E-state index in [0.29, 0.717) is 13.1 Å². The minimum Gasteiger partial charge on any atom is -0.395 e. The van der Waals surface area contributed by atoms with Crippen molar-refractivity contribution in [2.24, 2.45) is 17.8 Å². The lowest BCUT2D eigenvalue weighted by Gasteiger charge is -2.27. The summed E-state index contributed by atoms with van der Waals surface area (Å²) in [5.41, 5.74) is 0. The Balaban J connectivity index is 1.81. The average molecular weight is 211 g/mol. The van der Waals surface area contributed by atoms with Crippen LogP contribution in [-0.4, -0.2) is 48.0 Å². The highest BCUT2D eigenvalue weighted by molar-refractivity contribution is 5.10. The molecule has 2 rings (SSSR count). The summed E-state index contributed by atoms with van der Waals surface area (Å²) < 4.78 is 0. The molecule has 0 radical (unpaired) electrons. The Labute approximate surface area is 91.4 Å². The van der Waals surface area contributed by atoms with Crippen molar-refractivity contribution >= 4 is 0 Å². The van der Waals surface area contributed by atoms with Crippen molar-refractivity contribution in [1.29, 1.82) is 0 Å². The zero-order valence-corrected chi connectivity index (χ0v) is 9.18. The standard InChI is InChI=1S/C12H21NO2/c14-5-3-13(4-6-15)9-12-8-10-1-2-11(12)7-10/h1-2,10-12,14-15H,3-9H2/t10-,11+,12+/m0/s1. The van der Waals surface area contributed by atoms with Crippen molar-refractivity contribution in [3.63, 3.8) is 0 Å². The van der Waals surface area contributed by atoms with Gasteiger partial charge >= 0.3 is 0 Å². The topological polar surface area (TPSA) is 43.7 Å². The van der Waals surface area contributed by atoms with E-state index in [1.54, 1.807) is 0 Å². The predicted octanol–water partition coefficient (Wildman–Crippen LogP) is 0.485. The first-order valence-electron chi connectivity index (χ1n) is 5.96. The number of fused-ring (bicyclic) bond motifs is 2. The average Bonchev–Trinajstić information content (AvgIpc) is 2.80. The van der Waals surface area contributed by atoms with E-state index in [1.807, 2.05) is 0 Å². The first kappa shape index (κ1) is 11.1. The second-order valence-corrected chi connectivity index (χ2v) is 4.79. The second kappa shape index (κ2) is 5.10. The third-order valence-corrected chi connectivity index (χ3v) is 3.74. The smallest absolute Gasteiger partial charge is 0.0558 e. The largest absolute Gasteiger partial charge is 0.395 e. The molecule has 0 saturated heterocycles. The molecule has 0 amide bonds. The van der Waals surface area contributed by atoms with Gasteiger partial charge in [0.25, 0.3) is 0 Å². The Morgan fingerprint density at radius 2 is 1.80 bits per heavy atom. The Bertz CT molecular complexity index is 224. The Morgan fingerprint density at radius 1 is 1.07 bits per heavy atom. The maximum Gasteiger partial charge on any atom is 0.0558 e. The minimum absolute atomic E-state index is 0.191. The first-order valence-corrected chi connectivity index (χ1v) is 5.96. The molecule has 2 bridgehead atoms. The molecule has 1 fully saturated rings. The molecule has 1 saturated carbocycles. The van der Waals surface area contributed by atoms with Crippen LogP contribution in [0.2, 0.25) is 0 Å². The quantitative estimate of drug-likeness (QED) is 0.628.